The molecule has 9 heteroatoms. The quantitative estimate of drug-likeness (QED) is 0.679. The van der Waals surface area contributed by atoms with Crippen LogP contribution >= 0.6 is 23.7 Å². The molecule has 0 aliphatic heterocycles. The van der Waals surface area contributed by atoms with Crippen LogP contribution in [0, 0.1) is 0 Å². The Morgan fingerprint density at radius 3 is 2.60 bits per heavy atom. The molecule has 0 fully saturated rings. The van der Waals surface area contributed by atoms with Crippen LogP contribution < -0.4 is 15.8 Å². The molecule has 0 aliphatic rings. The number of carbonyl (C=O) groups is 1. The van der Waals surface area contributed by atoms with E-state index in [4.69, 9.17) is 5.73 Å². The van der Waals surface area contributed by atoms with Crippen LogP contribution in [0.2, 0.25) is 0 Å². The summed E-state index contributed by atoms with van der Waals surface area (Å²) in [6.07, 6.45) is 0.649. The predicted molar refractivity (Wildman–Crippen MR) is 82.6 cm³/mol. The van der Waals surface area contributed by atoms with E-state index in [-0.39, 0.29) is 28.6 Å². The van der Waals surface area contributed by atoms with Crippen molar-refractivity contribution >= 4 is 39.7 Å². The van der Waals surface area contributed by atoms with Crippen LogP contribution in [0.4, 0.5) is 0 Å². The van der Waals surface area contributed by atoms with Gasteiger partial charge in [0.05, 0.1) is 6.04 Å². The molecule has 0 saturated heterocycles. The predicted octanol–water partition coefficient (Wildman–Crippen LogP) is 0.690. The first kappa shape index (κ1) is 19.3. The Kier molecular flexibility index (Phi) is 8.29. The van der Waals surface area contributed by atoms with Gasteiger partial charge in [0.2, 0.25) is 5.91 Å². The molecule has 1 amide bonds. The fourth-order valence-corrected chi connectivity index (χ4v) is 3.55. The van der Waals surface area contributed by atoms with Gasteiger partial charge in [-0.3, -0.25) is 4.79 Å². The molecule has 2 unspecified atom stereocenters. The van der Waals surface area contributed by atoms with Crippen molar-refractivity contribution in [1.82, 2.24) is 10.0 Å². The largest absolute Gasteiger partial charge is 0.355 e. The molecule has 6 nitrogen and oxygen atoms in total. The first-order chi connectivity index (χ1) is 8.83. The zero-order valence-corrected chi connectivity index (χ0v) is 13.8. The molecular formula is C11H20ClN3O3S2. The average molecular weight is 342 g/mol. The van der Waals surface area contributed by atoms with Gasteiger partial charge in [-0.25, -0.2) is 8.42 Å². The normalized spacial score (nSPS) is 14.2. The topological polar surface area (TPSA) is 101 Å². The van der Waals surface area contributed by atoms with Crippen molar-refractivity contribution in [2.75, 3.05) is 6.54 Å². The maximum Gasteiger partial charge on any atom is 0.250 e. The van der Waals surface area contributed by atoms with Crippen molar-refractivity contribution in [3.8, 4) is 0 Å². The molecule has 4 N–H and O–H groups in total. The van der Waals surface area contributed by atoms with E-state index in [9.17, 15) is 13.2 Å². The van der Waals surface area contributed by atoms with Crippen LogP contribution in [0.15, 0.2) is 21.7 Å². The molecule has 0 aliphatic carbocycles. The summed E-state index contributed by atoms with van der Waals surface area (Å²) in [5, 5.41) is 4.31. The minimum atomic E-state index is -3.62. The second-order valence-corrected chi connectivity index (χ2v) is 7.22. The third-order valence-electron chi connectivity index (χ3n) is 2.38. The van der Waals surface area contributed by atoms with Gasteiger partial charge in [0, 0.05) is 12.6 Å². The highest BCUT2D eigenvalue weighted by Crippen LogP contribution is 2.15. The summed E-state index contributed by atoms with van der Waals surface area (Å²) in [4.78, 5) is 11.7. The molecule has 1 rings (SSSR count). The van der Waals surface area contributed by atoms with Gasteiger partial charge in [0.15, 0.2) is 0 Å². The molecule has 116 valence electrons. The standard InChI is InChI=1S/C11H19N3O3S2.ClH/c1-8(12)5-6-13-11(15)9(2)14-19(16,17)10-4-3-7-18-10;/h3-4,7-9,14H,5-6,12H2,1-2H3,(H,13,15);1H. The highest BCUT2D eigenvalue weighted by molar-refractivity contribution is 7.91. The molecule has 1 aromatic rings. The van der Waals surface area contributed by atoms with Crippen molar-refractivity contribution in [2.24, 2.45) is 5.73 Å². The number of hydrogen-bond donors (Lipinski definition) is 3. The molecule has 0 aromatic carbocycles. The minimum Gasteiger partial charge on any atom is -0.355 e. The van der Waals surface area contributed by atoms with Gasteiger partial charge in [-0.15, -0.1) is 23.7 Å². The van der Waals surface area contributed by atoms with E-state index >= 15 is 0 Å². The van der Waals surface area contributed by atoms with Crippen LogP contribution in [0.1, 0.15) is 20.3 Å². The number of nitrogens with two attached hydrogens (primary N) is 1. The summed E-state index contributed by atoms with van der Waals surface area (Å²) in [6, 6.07) is 2.32. The van der Waals surface area contributed by atoms with Crippen LogP contribution in [-0.4, -0.2) is 33.0 Å². The SMILES string of the molecule is CC(N)CCNC(=O)C(C)NS(=O)(=O)c1cccs1.Cl. The molecule has 0 radical (unpaired) electrons. The summed E-state index contributed by atoms with van der Waals surface area (Å²) < 4.78 is 26.3. The van der Waals surface area contributed by atoms with Gasteiger partial charge >= 0.3 is 0 Å². The lowest BCUT2D eigenvalue weighted by atomic mass is 10.2. The van der Waals surface area contributed by atoms with E-state index in [1.165, 1.54) is 13.0 Å². The van der Waals surface area contributed by atoms with Crippen LogP contribution in [0.5, 0.6) is 0 Å². The zero-order valence-electron chi connectivity index (χ0n) is 11.3. The molecule has 0 spiro atoms. The third kappa shape index (κ3) is 6.19. The summed E-state index contributed by atoms with van der Waals surface area (Å²) in [5.74, 6) is -0.360. The van der Waals surface area contributed by atoms with Gasteiger partial charge in [-0.05, 0) is 31.7 Å². The number of hydrogen-bond acceptors (Lipinski definition) is 5. The second-order valence-electron chi connectivity index (χ2n) is 4.33. The van der Waals surface area contributed by atoms with Gasteiger partial charge in [0.1, 0.15) is 4.21 Å². The molecule has 0 saturated carbocycles. The van der Waals surface area contributed by atoms with Gasteiger partial charge in [-0.1, -0.05) is 6.07 Å². The van der Waals surface area contributed by atoms with Gasteiger partial charge < -0.3 is 11.1 Å². The Bertz CT molecular complexity index is 503. The van der Waals surface area contributed by atoms with Crippen molar-refractivity contribution in [1.29, 1.82) is 0 Å². The minimum absolute atomic E-state index is 0. The maximum atomic E-state index is 11.9. The number of halogens is 1. The molecule has 1 aromatic heterocycles. The Morgan fingerprint density at radius 1 is 1.45 bits per heavy atom. The van der Waals surface area contributed by atoms with Crippen LogP contribution in [-0.2, 0) is 14.8 Å². The van der Waals surface area contributed by atoms with E-state index in [0.717, 1.165) is 11.3 Å². The van der Waals surface area contributed by atoms with Crippen molar-refractivity contribution in [2.45, 2.75) is 36.6 Å². The lowest BCUT2D eigenvalue weighted by molar-refractivity contribution is -0.122. The maximum absolute atomic E-state index is 11.9. The molecule has 0 bridgehead atoms. The number of amides is 1. The number of sulfonamides is 1. The summed E-state index contributed by atoms with van der Waals surface area (Å²) in [5.41, 5.74) is 5.56. The Hall–Kier alpha value is -0.670. The van der Waals surface area contributed by atoms with Gasteiger partial charge in [0.25, 0.3) is 10.0 Å². The Balaban J connectivity index is 0.00000361. The molecular weight excluding hydrogens is 322 g/mol. The lowest BCUT2D eigenvalue weighted by Gasteiger charge is -2.14. The highest BCUT2D eigenvalue weighted by Gasteiger charge is 2.22. The molecule has 1 heterocycles. The van der Waals surface area contributed by atoms with Crippen LogP contribution in [0.25, 0.3) is 0 Å². The number of rotatable bonds is 7. The lowest BCUT2D eigenvalue weighted by Crippen LogP contribution is -2.45. The summed E-state index contributed by atoms with van der Waals surface area (Å²) in [7, 11) is -3.62. The zero-order chi connectivity index (χ0) is 14.5. The van der Waals surface area contributed by atoms with Crippen molar-refractivity contribution in [3.05, 3.63) is 17.5 Å². The summed E-state index contributed by atoms with van der Waals surface area (Å²) >= 11 is 1.11. The van der Waals surface area contributed by atoms with E-state index in [1.54, 1.807) is 11.4 Å². The smallest absolute Gasteiger partial charge is 0.250 e. The molecule has 20 heavy (non-hydrogen) atoms. The number of thiophene rings is 1. The average Bonchev–Trinajstić information content (AvgIpc) is 2.81. The van der Waals surface area contributed by atoms with Crippen molar-refractivity contribution < 1.29 is 13.2 Å². The van der Waals surface area contributed by atoms with Crippen molar-refractivity contribution in [3.63, 3.8) is 0 Å². The Morgan fingerprint density at radius 2 is 2.10 bits per heavy atom. The van der Waals surface area contributed by atoms with E-state index in [2.05, 4.69) is 10.0 Å². The van der Waals surface area contributed by atoms with Gasteiger partial charge in [-0.2, -0.15) is 4.72 Å². The first-order valence-corrected chi connectivity index (χ1v) is 8.28. The monoisotopic (exact) mass is 341 g/mol. The number of nitrogens with one attached hydrogen (secondary N) is 2. The third-order valence-corrected chi connectivity index (χ3v) is 5.32. The highest BCUT2D eigenvalue weighted by atomic mass is 35.5. The number of carbonyl (C=O) groups excluding carboxylic acids is 1. The molecule has 2 atom stereocenters. The Labute approximate surface area is 129 Å². The fourth-order valence-electron chi connectivity index (χ4n) is 1.34. The first-order valence-electron chi connectivity index (χ1n) is 5.92. The van der Waals surface area contributed by atoms with E-state index in [1.807, 2.05) is 6.92 Å². The summed E-state index contributed by atoms with van der Waals surface area (Å²) in [6.45, 7) is 3.78. The van der Waals surface area contributed by atoms with E-state index < -0.39 is 16.1 Å². The fraction of sp³-hybridized carbons (Fsp3) is 0.545. The van der Waals surface area contributed by atoms with Crippen LogP contribution in [0.3, 0.4) is 0 Å². The van der Waals surface area contributed by atoms with E-state index in [0.29, 0.717) is 13.0 Å². The second kappa shape index (κ2) is 8.58.